The molecule has 1 aliphatic carbocycles. The number of halogens is 1. The molecule has 3 aromatic rings. The standard InChI is InChI=1S/C28H35FN6O3/c1-19(33-15-20-3-2-4-21(20)16-33)13-25(36)32-11-9-28(38,10-12-32)17-34-18-30-26-24(27(34)37)14-31-35(26)23-7-5-22(29)6-8-23/h5-8,14,18-21,38H,2-4,9-13,15-17H2,1H3/t19-,20?,21?/m0/s1. The summed E-state index contributed by atoms with van der Waals surface area (Å²) in [6.07, 6.45) is 8.20. The smallest absolute Gasteiger partial charge is 0.264 e. The van der Waals surface area contributed by atoms with E-state index in [1.165, 1.54) is 53.2 Å². The molecule has 3 atom stereocenters. The Labute approximate surface area is 220 Å². The van der Waals surface area contributed by atoms with E-state index in [1.807, 2.05) is 4.90 Å². The van der Waals surface area contributed by atoms with Crippen molar-refractivity contribution in [2.45, 2.75) is 63.6 Å². The maximum atomic E-state index is 13.3. The van der Waals surface area contributed by atoms with Gasteiger partial charge < -0.3 is 10.0 Å². The molecule has 2 aliphatic heterocycles. The van der Waals surface area contributed by atoms with Crippen molar-refractivity contribution in [2.75, 3.05) is 26.2 Å². The van der Waals surface area contributed by atoms with E-state index in [1.54, 1.807) is 12.1 Å². The summed E-state index contributed by atoms with van der Waals surface area (Å²) in [5.41, 5.74) is -0.412. The summed E-state index contributed by atoms with van der Waals surface area (Å²) >= 11 is 0. The number of aromatic nitrogens is 4. The maximum Gasteiger partial charge on any atom is 0.264 e. The lowest BCUT2D eigenvalue weighted by molar-refractivity contribution is -0.137. The summed E-state index contributed by atoms with van der Waals surface area (Å²) < 4.78 is 16.2. The number of benzene rings is 1. The minimum atomic E-state index is -1.10. The first-order valence-corrected chi connectivity index (χ1v) is 13.7. The zero-order valence-electron chi connectivity index (χ0n) is 21.8. The van der Waals surface area contributed by atoms with Gasteiger partial charge in [-0.1, -0.05) is 6.42 Å². The molecule has 0 spiro atoms. The molecular weight excluding hydrogens is 487 g/mol. The molecule has 2 unspecified atom stereocenters. The van der Waals surface area contributed by atoms with E-state index in [0.717, 1.165) is 24.9 Å². The number of fused-ring (bicyclic) bond motifs is 2. The second-order valence-electron chi connectivity index (χ2n) is 11.5. The summed E-state index contributed by atoms with van der Waals surface area (Å²) in [4.78, 5) is 35.0. The number of piperidine rings is 1. The van der Waals surface area contributed by atoms with Crippen LogP contribution in [0.1, 0.15) is 45.4 Å². The molecule has 3 fully saturated rings. The van der Waals surface area contributed by atoms with E-state index in [9.17, 15) is 19.1 Å². The number of carbonyl (C=O) groups excluding carboxylic acids is 1. The van der Waals surface area contributed by atoms with Crippen molar-refractivity contribution >= 4 is 16.9 Å². The molecule has 2 aromatic heterocycles. The van der Waals surface area contributed by atoms with Crippen molar-refractivity contribution in [2.24, 2.45) is 11.8 Å². The highest BCUT2D eigenvalue weighted by atomic mass is 19.1. The van der Waals surface area contributed by atoms with Crippen molar-refractivity contribution in [1.82, 2.24) is 29.1 Å². The monoisotopic (exact) mass is 522 g/mol. The Bertz CT molecular complexity index is 1370. The highest BCUT2D eigenvalue weighted by molar-refractivity contribution is 5.77. The number of aliphatic hydroxyl groups is 1. The summed E-state index contributed by atoms with van der Waals surface area (Å²) in [6, 6.07) is 6.04. The molecule has 6 rings (SSSR count). The summed E-state index contributed by atoms with van der Waals surface area (Å²) in [6.45, 7) is 5.45. The predicted molar refractivity (Wildman–Crippen MR) is 140 cm³/mol. The maximum absolute atomic E-state index is 13.3. The lowest BCUT2D eigenvalue weighted by Crippen LogP contribution is -2.50. The van der Waals surface area contributed by atoms with Crippen LogP contribution in [0.3, 0.4) is 0 Å². The molecule has 0 radical (unpaired) electrons. The molecule has 9 nitrogen and oxygen atoms in total. The van der Waals surface area contributed by atoms with Gasteiger partial charge >= 0.3 is 0 Å². The average molecular weight is 523 g/mol. The van der Waals surface area contributed by atoms with Crippen LogP contribution < -0.4 is 5.56 Å². The van der Waals surface area contributed by atoms with Crippen LogP contribution in [0.5, 0.6) is 0 Å². The quantitative estimate of drug-likeness (QED) is 0.535. The first-order valence-electron chi connectivity index (χ1n) is 13.7. The van der Waals surface area contributed by atoms with Crippen LogP contribution in [-0.2, 0) is 11.3 Å². The third-order valence-corrected chi connectivity index (χ3v) is 8.99. The molecule has 1 saturated carbocycles. The van der Waals surface area contributed by atoms with Gasteiger partial charge in [0.25, 0.3) is 5.56 Å². The van der Waals surface area contributed by atoms with Crippen LogP contribution in [0, 0.1) is 17.7 Å². The number of likely N-dealkylation sites (tertiary alicyclic amines) is 2. The summed E-state index contributed by atoms with van der Waals surface area (Å²) in [5, 5.41) is 15.9. The average Bonchev–Trinajstić information content (AvgIpc) is 3.62. The molecule has 0 bridgehead atoms. The van der Waals surface area contributed by atoms with Crippen LogP contribution in [0.15, 0.2) is 41.6 Å². The number of hydrogen-bond donors (Lipinski definition) is 1. The van der Waals surface area contributed by atoms with Crippen molar-refractivity contribution in [3.8, 4) is 5.69 Å². The van der Waals surface area contributed by atoms with Crippen molar-refractivity contribution in [3.05, 3.63) is 53.0 Å². The van der Waals surface area contributed by atoms with Gasteiger partial charge in [-0.3, -0.25) is 19.1 Å². The van der Waals surface area contributed by atoms with E-state index >= 15 is 0 Å². The summed E-state index contributed by atoms with van der Waals surface area (Å²) in [7, 11) is 0. The van der Waals surface area contributed by atoms with Crippen LogP contribution in [0.25, 0.3) is 16.7 Å². The van der Waals surface area contributed by atoms with Gasteiger partial charge in [-0.25, -0.2) is 14.1 Å². The molecule has 202 valence electrons. The second-order valence-corrected chi connectivity index (χ2v) is 11.5. The minimum Gasteiger partial charge on any atom is -0.388 e. The van der Waals surface area contributed by atoms with Crippen molar-refractivity contribution in [1.29, 1.82) is 0 Å². The fourth-order valence-electron chi connectivity index (χ4n) is 6.62. The summed E-state index contributed by atoms with van der Waals surface area (Å²) in [5.74, 6) is 1.41. The molecule has 38 heavy (non-hydrogen) atoms. The number of nitrogens with zero attached hydrogens (tertiary/aromatic N) is 6. The van der Waals surface area contributed by atoms with Crippen molar-refractivity contribution in [3.63, 3.8) is 0 Å². The van der Waals surface area contributed by atoms with Crippen LogP contribution in [-0.4, -0.2) is 78.0 Å². The Morgan fingerprint density at radius 2 is 1.84 bits per heavy atom. The molecule has 1 amide bonds. The van der Waals surface area contributed by atoms with Gasteiger partial charge in [-0.05, 0) is 68.7 Å². The van der Waals surface area contributed by atoms with Gasteiger partial charge in [0.05, 0.1) is 24.0 Å². The largest absolute Gasteiger partial charge is 0.388 e. The first kappa shape index (κ1) is 25.2. The minimum absolute atomic E-state index is 0.103. The van der Waals surface area contributed by atoms with E-state index in [2.05, 4.69) is 21.9 Å². The Morgan fingerprint density at radius 1 is 1.16 bits per heavy atom. The third-order valence-electron chi connectivity index (χ3n) is 8.99. The third kappa shape index (κ3) is 4.75. The Kier molecular flexibility index (Phi) is 6.55. The zero-order chi connectivity index (χ0) is 26.4. The molecule has 1 N–H and O–H groups in total. The van der Waals surface area contributed by atoms with Gasteiger partial charge in [0.1, 0.15) is 17.5 Å². The number of hydrogen-bond acceptors (Lipinski definition) is 6. The first-order chi connectivity index (χ1) is 18.3. The highest BCUT2D eigenvalue weighted by Crippen LogP contribution is 2.38. The van der Waals surface area contributed by atoms with Gasteiger partial charge in [0, 0.05) is 38.6 Å². The Balaban J connectivity index is 1.07. The molecule has 3 aliphatic rings. The normalized spacial score (nSPS) is 24.1. The predicted octanol–water partition coefficient (Wildman–Crippen LogP) is 2.59. The van der Waals surface area contributed by atoms with E-state index in [4.69, 9.17) is 0 Å². The number of amides is 1. The van der Waals surface area contributed by atoms with Gasteiger partial charge in [0.15, 0.2) is 5.65 Å². The van der Waals surface area contributed by atoms with Gasteiger partial charge in [-0.15, -0.1) is 0 Å². The lowest BCUT2D eigenvalue weighted by Gasteiger charge is -2.39. The van der Waals surface area contributed by atoms with Gasteiger partial charge in [0.2, 0.25) is 5.91 Å². The second kappa shape index (κ2) is 9.89. The highest BCUT2D eigenvalue weighted by Gasteiger charge is 2.39. The molecular formula is C28H35FN6O3. The van der Waals surface area contributed by atoms with Crippen LogP contribution >= 0.6 is 0 Å². The molecule has 2 saturated heterocycles. The van der Waals surface area contributed by atoms with E-state index in [0.29, 0.717) is 49.1 Å². The Hall–Kier alpha value is -3.11. The fourth-order valence-corrected chi connectivity index (χ4v) is 6.62. The number of carbonyl (C=O) groups is 1. The lowest BCUT2D eigenvalue weighted by atomic mass is 9.91. The van der Waals surface area contributed by atoms with E-state index in [-0.39, 0.29) is 29.9 Å². The van der Waals surface area contributed by atoms with E-state index < -0.39 is 5.60 Å². The fraction of sp³-hybridized carbons (Fsp3) is 0.571. The Morgan fingerprint density at radius 3 is 2.53 bits per heavy atom. The van der Waals surface area contributed by atoms with Crippen LogP contribution in [0.4, 0.5) is 4.39 Å². The van der Waals surface area contributed by atoms with Gasteiger partial charge in [-0.2, -0.15) is 5.10 Å². The SMILES string of the molecule is C[C@@H](CC(=O)N1CCC(O)(Cn2cnc3c(cnn3-c3ccc(F)cc3)c2=O)CC1)N1CC2CCCC2C1. The molecule has 1 aromatic carbocycles. The molecule has 4 heterocycles. The topological polar surface area (TPSA) is 96.5 Å². The number of rotatable bonds is 6. The van der Waals surface area contributed by atoms with Crippen molar-refractivity contribution < 1.29 is 14.3 Å². The van der Waals surface area contributed by atoms with Crippen LogP contribution in [0.2, 0.25) is 0 Å². The molecule has 10 heteroatoms. The zero-order valence-corrected chi connectivity index (χ0v) is 21.8.